The van der Waals surface area contributed by atoms with E-state index in [9.17, 15) is 4.79 Å². The van der Waals surface area contributed by atoms with Gasteiger partial charge in [-0.2, -0.15) is 0 Å². The van der Waals surface area contributed by atoms with Crippen molar-refractivity contribution in [3.8, 4) is 0 Å². The molecule has 2 rings (SSSR count). The molecule has 0 spiro atoms. The molecule has 0 bridgehead atoms. The minimum Gasteiger partial charge on any atom is -0.370 e. The molecular weight excluding hydrogens is 338 g/mol. The van der Waals surface area contributed by atoms with Crippen LogP contribution in [0.15, 0.2) is 29.3 Å². The average molecular weight is 374 g/mol. The molecule has 1 aliphatic heterocycles. The van der Waals surface area contributed by atoms with Crippen molar-refractivity contribution in [2.75, 3.05) is 33.2 Å². The van der Waals surface area contributed by atoms with Crippen molar-refractivity contribution in [3.63, 3.8) is 0 Å². The first-order chi connectivity index (χ1) is 13.0. The molecule has 0 aliphatic carbocycles. The molecule has 0 radical (unpaired) electrons. The Morgan fingerprint density at radius 1 is 1.33 bits per heavy atom. The van der Waals surface area contributed by atoms with E-state index < -0.39 is 0 Å². The molecule has 1 fully saturated rings. The van der Waals surface area contributed by atoms with Crippen LogP contribution in [0, 0.1) is 5.92 Å². The third-order valence-electron chi connectivity index (χ3n) is 5.26. The van der Waals surface area contributed by atoms with Crippen molar-refractivity contribution >= 4 is 11.9 Å². The number of primary amides is 1. The van der Waals surface area contributed by atoms with Gasteiger partial charge in [0, 0.05) is 39.6 Å². The maximum Gasteiger partial charge on any atom is 0.217 e. The summed E-state index contributed by atoms with van der Waals surface area (Å²) in [7, 11) is 1.82. The molecule has 150 valence electrons. The zero-order chi connectivity index (χ0) is 19.6. The van der Waals surface area contributed by atoms with Gasteiger partial charge < -0.3 is 16.0 Å². The molecule has 1 aromatic rings. The summed E-state index contributed by atoms with van der Waals surface area (Å²) < 4.78 is 0. The van der Waals surface area contributed by atoms with E-state index in [1.165, 1.54) is 11.1 Å². The van der Waals surface area contributed by atoms with Gasteiger partial charge in [-0.25, -0.2) is 0 Å². The Kier molecular flexibility index (Phi) is 8.58. The number of aliphatic imine (C=N–C) groups is 1. The van der Waals surface area contributed by atoms with E-state index in [1.54, 1.807) is 0 Å². The van der Waals surface area contributed by atoms with Gasteiger partial charge in [-0.3, -0.25) is 14.7 Å². The van der Waals surface area contributed by atoms with Gasteiger partial charge in [0.05, 0.1) is 0 Å². The minimum atomic E-state index is -0.213. The van der Waals surface area contributed by atoms with E-state index in [4.69, 9.17) is 5.73 Å². The number of carbonyl (C=O) groups excluding carboxylic acids is 1. The van der Waals surface area contributed by atoms with Gasteiger partial charge in [-0.15, -0.1) is 0 Å². The van der Waals surface area contributed by atoms with Crippen LogP contribution in [-0.2, 0) is 17.9 Å². The molecule has 0 aromatic heterocycles. The van der Waals surface area contributed by atoms with Crippen LogP contribution >= 0.6 is 0 Å². The molecule has 1 unspecified atom stereocenters. The zero-order valence-electron chi connectivity index (χ0n) is 17.1. The first-order valence-electron chi connectivity index (χ1n) is 10.1. The van der Waals surface area contributed by atoms with Crippen molar-refractivity contribution < 1.29 is 4.79 Å². The third kappa shape index (κ3) is 6.86. The van der Waals surface area contributed by atoms with Crippen molar-refractivity contribution in [2.24, 2.45) is 16.6 Å². The highest BCUT2D eigenvalue weighted by Gasteiger charge is 2.23. The summed E-state index contributed by atoms with van der Waals surface area (Å²) in [5.74, 6) is 1.01. The Labute approximate surface area is 163 Å². The maximum absolute atomic E-state index is 11.2. The van der Waals surface area contributed by atoms with Gasteiger partial charge in [-0.1, -0.05) is 38.1 Å². The van der Waals surface area contributed by atoms with Crippen molar-refractivity contribution in [2.45, 2.75) is 46.2 Å². The summed E-state index contributed by atoms with van der Waals surface area (Å²) in [6.07, 6.45) is 2.59. The van der Waals surface area contributed by atoms with Crippen LogP contribution in [0.5, 0.6) is 0 Å². The van der Waals surface area contributed by atoms with E-state index in [0.29, 0.717) is 12.3 Å². The summed E-state index contributed by atoms with van der Waals surface area (Å²) in [6.45, 7) is 10.1. The number of nitrogens with zero attached hydrogens (tertiary/aromatic N) is 3. The number of likely N-dealkylation sites (tertiary alicyclic amines) is 1. The fourth-order valence-electron chi connectivity index (χ4n) is 3.77. The van der Waals surface area contributed by atoms with Gasteiger partial charge in [0.15, 0.2) is 5.96 Å². The molecular formula is C21H35N5O. The largest absolute Gasteiger partial charge is 0.370 e. The number of nitrogens with one attached hydrogen (secondary N) is 1. The first kappa shape index (κ1) is 21.2. The van der Waals surface area contributed by atoms with Crippen LogP contribution < -0.4 is 11.1 Å². The number of amides is 1. The highest BCUT2D eigenvalue weighted by atomic mass is 16.1. The monoisotopic (exact) mass is 373 g/mol. The Bertz CT molecular complexity index is 627. The topological polar surface area (TPSA) is 74.0 Å². The summed E-state index contributed by atoms with van der Waals surface area (Å²) >= 11 is 0. The first-order valence-corrected chi connectivity index (χ1v) is 10.1. The molecule has 6 nitrogen and oxygen atoms in total. The Hall–Kier alpha value is -2.08. The average Bonchev–Trinajstić information content (AvgIpc) is 2.67. The number of hydrogen-bond acceptors (Lipinski definition) is 3. The van der Waals surface area contributed by atoms with Crippen LogP contribution in [0.1, 0.15) is 44.2 Å². The van der Waals surface area contributed by atoms with E-state index in [1.807, 2.05) is 7.05 Å². The van der Waals surface area contributed by atoms with E-state index in [0.717, 1.165) is 58.1 Å². The van der Waals surface area contributed by atoms with Crippen LogP contribution in [-0.4, -0.2) is 54.9 Å². The second kappa shape index (κ2) is 10.9. The molecule has 1 aromatic carbocycles. The number of rotatable bonds is 8. The summed E-state index contributed by atoms with van der Waals surface area (Å²) in [6, 6.07) is 8.74. The summed E-state index contributed by atoms with van der Waals surface area (Å²) in [4.78, 5) is 20.3. The highest BCUT2D eigenvalue weighted by Crippen LogP contribution is 2.19. The van der Waals surface area contributed by atoms with Crippen LogP contribution in [0.2, 0.25) is 0 Å². The lowest BCUT2D eigenvalue weighted by atomic mass is 9.95. The van der Waals surface area contributed by atoms with E-state index >= 15 is 0 Å². The Morgan fingerprint density at radius 3 is 2.74 bits per heavy atom. The molecule has 27 heavy (non-hydrogen) atoms. The SMILES string of the molecule is CCN(CC)Cc1cccc(CNC(=NC)N2CCCC(CC(N)=O)C2)c1. The number of nitrogens with two attached hydrogens (primary N) is 1. The number of guanidine groups is 1. The van der Waals surface area contributed by atoms with Crippen LogP contribution in [0.25, 0.3) is 0 Å². The maximum atomic E-state index is 11.2. The van der Waals surface area contributed by atoms with Gasteiger partial charge in [0.2, 0.25) is 5.91 Å². The van der Waals surface area contributed by atoms with Gasteiger partial charge in [0.25, 0.3) is 0 Å². The molecule has 3 N–H and O–H groups in total. The Morgan fingerprint density at radius 2 is 2.07 bits per heavy atom. The number of piperidine rings is 1. The molecule has 6 heteroatoms. The lowest BCUT2D eigenvalue weighted by Gasteiger charge is -2.34. The predicted octanol–water partition coefficient (Wildman–Crippen LogP) is 2.19. The number of benzene rings is 1. The van der Waals surface area contributed by atoms with Crippen LogP contribution in [0.3, 0.4) is 0 Å². The van der Waals surface area contributed by atoms with E-state index in [2.05, 4.69) is 58.2 Å². The van der Waals surface area contributed by atoms with Gasteiger partial charge in [0.1, 0.15) is 0 Å². The fourth-order valence-corrected chi connectivity index (χ4v) is 3.77. The highest BCUT2D eigenvalue weighted by molar-refractivity contribution is 5.80. The van der Waals surface area contributed by atoms with Crippen molar-refractivity contribution in [1.82, 2.24) is 15.1 Å². The van der Waals surface area contributed by atoms with Gasteiger partial charge in [-0.05, 0) is 43.0 Å². The summed E-state index contributed by atoms with van der Waals surface area (Å²) in [5.41, 5.74) is 7.97. The van der Waals surface area contributed by atoms with Crippen molar-refractivity contribution in [3.05, 3.63) is 35.4 Å². The third-order valence-corrected chi connectivity index (χ3v) is 5.26. The molecule has 1 amide bonds. The van der Waals surface area contributed by atoms with Gasteiger partial charge >= 0.3 is 0 Å². The second-order valence-corrected chi connectivity index (χ2v) is 7.31. The predicted molar refractivity (Wildman–Crippen MR) is 111 cm³/mol. The molecule has 1 aliphatic rings. The Balaban J connectivity index is 1.93. The lowest BCUT2D eigenvalue weighted by Crippen LogP contribution is -2.46. The zero-order valence-corrected chi connectivity index (χ0v) is 17.1. The van der Waals surface area contributed by atoms with Crippen molar-refractivity contribution in [1.29, 1.82) is 0 Å². The summed E-state index contributed by atoms with van der Waals surface area (Å²) in [5, 5.41) is 3.48. The normalized spacial score (nSPS) is 18.0. The molecule has 1 atom stereocenters. The number of hydrogen-bond donors (Lipinski definition) is 2. The quantitative estimate of drug-likeness (QED) is 0.541. The standard InChI is InChI=1S/C21H35N5O/c1-4-25(5-2)15-18-9-6-8-17(12-18)14-24-21(23-3)26-11-7-10-19(16-26)13-20(22)27/h6,8-9,12,19H,4-5,7,10-11,13-16H2,1-3H3,(H2,22,27)(H,23,24). The van der Waals surface area contributed by atoms with Crippen LogP contribution in [0.4, 0.5) is 0 Å². The lowest BCUT2D eigenvalue weighted by molar-refractivity contribution is -0.119. The molecule has 1 heterocycles. The van der Waals surface area contributed by atoms with E-state index in [-0.39, 0.29) is 5.91 Å². The second-order valence-electron chi connectivity index (χ2n) is 7.31. The number of carbonyl (C=O) groups is 1. The smallest absolute Gasteiger partial charge is 0.217 e. The molecule has 1 saturated heterocycles. The minimum absolute atomic E-state index is 0.213. The molecule has 0 saturated carbocycles. The fraction of sp³-hybridized carbons (Fsp3) is 0.619.